The number of carbonyl (C=O) groups excluding carboxylic acids is 1. The number of rotatable bonds is 5. The normalized spacial score (nSPS) is 15.4. The van der Waals surface area contributed by atoms with Crippen LogP contribution in [0.25, 0.3) is 10.8 Å². The summed E-state index contributed by atoms with van der Waals surface area (Å²) in [5.41, 5.74) is 0.262. The smallest absolute Gasteiger partial charge is 0.283 e. The maximum absolute atomic E-state index is 12.9. The quantitative estimate of drug-likeness (QED) is 0.635. The minimum absolute atomic E-state index is 0.0476. The molecule has 9 nitrogen and oxygen atoms in total. The topological polar surface area (TPSA) is 114 Å². The van der Waals surface area contributed by atoms with Gasteiger partial charge >= 0.3 is 0 Å². The summed E-state index contributed by atoms with van der Waals surface area (Å²) in [4.78, 5) is 27.3. The van der Waals surface area contributed by atoms with Gasteiger partial charge in [0.05, 0.1) is 10.3 Å². The van der Waals surface area contributed by atoms with Crippen LogP contribution in [-0.2, 0) is 16.6 Å². The number of hydrogen-bond donors (Lipinski definition) is 1. The predicted octanol–water partition coefficient (Wildman–Crippen LogP) is 2.48. The SMILES string of the molecule is CCn1nc(C(=O)Nc2ccc(S(=O)(=O)N=C3CCCN3C)cc2)c2ccccc2c1=O. The molecular formula is C22H23N5O4S. The van der Waals surface area contributed by atoms with Crippen molar-refractivity contribution in [1.82, 2.24) is 14.7 Å². The van der Waals surface area contributed by atoms with Gasteiger partial charge in [0.2, 0.25) is 0 Å². The summed E-state index contributed by atoms with van der Waals surface area (Å²) in [7, 11) is -2.01. The fourth-order valence-corrected chi connectivity index (χ4v) is 4.71. The lowest BCUT2D eigenvalue weighted by Crippen LogP contribution is -2.27. The Morgan fingerprint density at radius 2 is 1.81 bits per heavy atom. The second-order valence-electron chi connectivity index (χ2n) is 7.50. The van der Waals surface area contributed by atoms with Crippen molar-refractivity contribution < 1.29 is 13.2 Å². The van der Waals surface area contributed by atoms with Gasteiger partial charge in [-0.3, -0.25) is 9.59 Å². The summed E-state index contributed by atoms with van der Waals surface area (Å²) in [6.07, 6.45) is 1.51. The Bertz CT molecular complexity index is 1380. The molecular weight excluding hydrogens is 430 g/mol. The van der Waals surface area contributed by atoms with E-state index in [9.17, 15) is 18.0 Å². The first-order chi connectivity index (χ1) is 15.3. The van der Waals surface area contributed by atoms with Gasteiger partial charge in [-0.15, -0.1) is 4.40 Å². The number of sulfonamides is 1. The van der Waals surface area contributed by atoms with Gasteiger partial charge in [0.25, 0.3) is 21.5 Å². The number of fused-ring (bicyclic) bond motifs is 1. The molecule has 1 aliphatic heterocycles. The molecule has 0 saturated carbocycles. The van der Waals surface area contributed by atoms with E-state index in [2.05, 4.69) is 14.8 Å². The molecule has 166 valence electrons. The molecule has 0 radical (unpaired) electrons. The number of aromatic nitrogens is 2. The van der Waals surface area contributed by atoms with Crippen molar-refractivity contribution in [2.45, 2.75) is 31.2 Å². The van der Waals surface area contributed by atoms with Gasteiger partial charge in [-0.25, -0.2) is 4.68 Å². The molecule has 0 spiro atoms. The molecule has 3 aromatic rings. The van der Waals surface area contributed by atoms with Crippen molar-refractivity contribution in [3.05, 3.63) is 64.6 Å². The lowest BCUT2D eigenvalue weighted by molar-refractivity contribution is 0.102. The molecule has 0 aliphatic carbocycles. The second-order valence-corrected chi connectivity index (χ2v) is 9.11. The Morgan fingerprint density at radius 1 is 1.12 bits per heavy atom. The zero-order valence-electron chi connectivity index (χ0n) is 17.8. The number of anilines is 1. The summed E-state index contributed by atoms with van der Waals surface area (Å²) in [6, 6.07) is 12.6. The standard InChI is InChI=1S/C22H23N5O4S/c1-3-27-22(29)18-8-5-4-7-17(18)20(24-27)21(28)23-15-10-12-16(13-11-15)32(30,31)25-19-9-6-14-26(19)2/h4-5,7-8,10-13H,3,6,9,14H2,1-2H3,(H,23,28). The van der Waals surface area contributed by atoms with Crippen molar-refractivity contribution >= 4 is 38.2 Å². The molecule has 10 heteroatoms. The van der Waals surface area contributed by atoms with Crippen LogP contribution in [0.2, 0.25) is 0 Å². The lowest BCUT2D eigenvalue weighted by atomic mass is 10.1. The number of nitrogens with one attached hydrogen (secondary N) is 1. The summed E-state index contributed by atoms with van der Waals surface area (Å²) < 4.78 is 30.4. The number of carbonyl (C=O) groups is 1. The van der Waals surface area contributed by atoms with Gasteiger partial charge in [-0.05, 0) is 43.7 Å². The highest BCUT2D eigenvalue weighted by Crippen LogP contribution is 2.20. The summed E-state index contributed by atoms with van der Waals surface area (Å²) in [6.45, 7) is 2.89. The third kappa shape index (κ3) is 4.13. The number of hydrogen-bond acceptors (Lipinski definition) is 5. The van der Waals surface area contributed by atoms with E-state index in [1.807, 2.05) is 11.9 Å². The molecule has 1 N–H and O–H groups in total. The minimum Gasteiger partial charge on any atom is -0.362 e. The third-order valence-electron chi connectivity index (χ3n) is 5.35. The average Bonchev–Trinajstić information content (AvgIpc) is 3.18. The van der Waals surface area contributed by atoms with Crippen LogP contribution >= 0.6 is 0 Å². The molecule has 2 aromatic carbocycles. The fraction of sp³-hybridized carbons (Fsp3) is 0.273. The van der Waals surface area contributed by atoms with Crippen LogP contribution in [0.1, 0.15) is 30.3 Å². The van der Waals surface area contributed by atoms with Crippen LogP contribution in [0.4, 0.5) is 5.69 Å². The predicted molar refractivity (Wildman–Crippen MR) is 123 cm³/mol. The largest absolute Gasteiger partial charge is 0.362 e. The van der Waals surface area contributed by atoms with Crippen LogP contribution < -0.4 is 10.9 Å². The van der Waals surface area contributed by atoms with Crippen molar-refractivity contribution in [2.24, 2.45) is 4.40 Å². The molecule has 1 aromatic heterocycles. The summed E-state index contributed by atoms with van der Waals surface area (Å²) >= 11 is 0. The van der Waals surface area contributed by atoms with E-state index in [0.29, 0.717) is 35.3 Å². The maximum Gasteiger partial charge on any atom is 0.283 e. The second kappa shape index (κ2) is 8.54. The van der Waals surface area contributed by atoms with E-state index in [4.69, 9.17) is 0 Å². The number of likely N-dealkylation sites (tertiary alicyclic amines) is 1. The van der Waals surface area contributed by atoms with Crippen molar-refractivity contribution in [3.8, 4) is 0 Å². The van der Waals surface area contributed by atoms with Crippen LogP contribution in [0.15, 0.2) is 62.6 Å². The van der Waals surface area contributed by atoms with Crippen LogP contribution in [0.3, 0.4) is 0 Å². The first-order valence-electron chi connectivity index (χ1n) is 10.3. The van der Waals surface area contributed by atoms with Gasteiger partial charge in [-0.1, -0.05) is 18.2 Å². The van der Waals surface area contributed by atoms with Crippen molar-refractivity contribution in [3.63, 3.8) is 0 Å². The Hall–Kier alpha value is -3.53. The highest BCUT2D eigenvalue weighted by Gasteiger charge is 2.21. The van der Waals surface area contributed by atoms with Crippen LogP contribution in [-0.4, -0.2) is 48.4 Å². The molecule has 0 unspecified atom stereocenters. The monoisotopic (exact) mass is 453 g/mol. The average molecular weight is 454 g/mol. The first-order valence-corrected chi connectivity index (χ1v) is 11.7. The maximum atomic E-state index is 12.9. The Kier molecular flexibility index (Phi) is 5.79. The third-order valence-corrected chi connectivity index (χ3v) is 6.67. The van der Waals surface area contributed by atoms with E-state index in [-0.39, 0.29) is 16.1 Å². The molecule has 0 bridgehead atoms. The van der Waals surface area contributed by atoms with Gasteiger partial charge in [0.15, 0.2) is 5.69 Å². The van der Waals surface area contributed by atoms with Gasteiger partial charge < -0.3 is 10.2 Å². The lowest BCUT2D eigenvalue weighted by Gasteiger charge is -2.11. The number of amides is 1. The fourth-order valence-electron chi connectivity index (χ4n) is 3.62. The molecule has 4 rings (SSSR count). The van der Waals surface area contributed by atoms with Gasteiger partial charge in [-0.2, -0.15) is 13.5 Å². The molecule has 2 heterocycles. The van der Waals surface area contributed by atoms with E-state index < -0.39 is 15.9 Å². The highest BCUT2D eigenvalue weighted by molar-refractivity contribution is 7.90. The summed E-state index contributed by atoms with van der Waals surface area (Å²) in [5.74, 6) is 0.0539. The van der Waals surface area contributed by atoms with Crippen LogP contribution in [0.5, 0.6) is 0 Å². The highest BCUT2D eigenvalue weighted by atomic mass is 32.2. The first kappa shape index (κ1) is 21.7. The van der Waals surface area contributed by atoms with Crippen LogP contribution in [0, 0.1) is 0 Å². The van der Waals surface area contributed by atoms with E-state index in [1.165, 1.54) is 28.9 Å². The zero-order valence-corrected chi connectivity index (χ0v) is 18.6. The molecule has 0 atom stereocenters. The molecule has 1 amide bonds. The summed E-state index contributed by atoms with van der Waals surface area (Å²) in [5, 5.41) is 7.80. The number of nitrogens with zero attached hydrogens (tertiary/aromatic N) is 4. The van der Waals surface area contributed by atoms with E-state index in [1.54, 1.807) is 31.2 Å². The molecule has 1 saturated heterocycles. The van der Waals surface area contributed by atoms with Gasteiger partial charge in [0, 0.05) is 37.6 Å². The molecule has 32 heavy (non-hydrogen) atoms. The molecule has 1 fully saturated rings. The number of aryl methyl sites for hydroxylation is 1. The minimum atomic E-state index is -3.83. The Labute approximate surface area is 185 Å². The Morgan fingerprint density at radius 3 is 2.44 bits per heavy atom. The van der Waals surface area contributed by atoms with E-state index >= 15 is 0 Å². The van der Waals surface area contributed by atoms with Gasteiger partial charge in [0.1, 0.15) is 5.84 Å². The van der Waals surface area contributed by atoms with Crippen molar-refractivity contribution in [2.75, 3.05) is 18.9 Å². The number of amidine groups is 1. The molecule has 1 aliphatic rings. The zero-order chi connectivity index (χ0) is 22.9. The van der Waals surface area contributed by atoms with Crippen molar-refractivity contribution in [1.29, 1.82) is 0 Å². The van der Waals surface area contributed by atoms with E-state index in [0.717, 1.165) is 13.0 Å². The number of benzene rings is 2. The Balaban J connectivity index is 1.60.